The highest BCUT2D eigenvalue weighted by Gasteiger charge is 2.28. The molecule has 0 saturated carbocycles. The van der Waals surface area contributed by atoms with Crippen molar-refractivity contribution in [3.05, 3.63) is 33.5 Å². The number of hydrogen-bond acceptors (Lipinski definition) is 6. The fourth-order valence-corrected chi connectivity index (χ4v) is 3.92. The molecule has 2 aromatic heterocycles. The largest absolute Gasteiger partial charge is 0.462 e. The summed E-state index contributed by atoms with van der Waals surface area (Å²) >= 11 is 0.822. The third-order valence-corrected chi connectivity index (χ3v) is 5.41. The van der Waals surface area contributed by atoms with Gasteiger partial charge in [0.1, 0.15) is 22.9 Å². The molecule has 0 unspecified atom stereocenters. The van der Waals surface area contributed by atoms with E-state index in [9.17, 15) is 31.9 Å². The summed E-state index contributed by atoms with van der Waals surface area (Å²) in [5.74, 6) is -2.07. The average Bonchev–Trinajstić information content (AvgIpc) is 3.26. The lowest BCUT2D eigenvalue weighted by molar-refractivity contribution is -0.117. The minimum atomic E-state index is -3.13. The normalized spacial score (nSPS) is 11.2. The molecule has 0 aliphatic heterocycles. The molecule has 0 aliphatic carbocycles. The van der Waals surface area contributed by atoms with Gasteiger partial charge in [-0.15, -0.1) is 11.3 Å². The van der Waals surface area contributed by atoms with Crippen molar-refractivity contribution in [3.8, 4) is 0 Å². The highest BCUT2D eigenvalue weighted by molar-refractivity contribution is 7.18. The number of anilines is 1. The van der Waals surface area contributed by atoms with Gasteiger partial charge in [-0.2, -0.15) is 5.10 Å². The zero-order valence-corrected chi connectivity index (χ0v) is 18.6. The van der Waals surface area contributed by atoms with Crippen molar-refractivity contribution in [2.45, 2.75) is 39.7 Å². The summed E-state index contributed by atoms with van der Waals surface area (Å²) < 4.78 is 57.6. The van der Waals surface area contributed by atoms with Crippen LogP contribution in [0, 0.1) is 6.92 Å². The second kappa shape index (κ2) is 10.6. The van der Waals surface area contributed by atoms with E-state index in [1.807, 2.05) is 0 Å². The summed E-state index contributed by atoms with van der Waals surface area (Å²) in [6.45, 7) is 2.61. The Balaban J connectivity index is 2.37. The third kappa shape index (κ3) is 5.64. The lowest BCUT2D eigenvalue weighted by Crippen LogP contribution is -2.22. The molecule has 2 aromatic rings. The molecule has 176 valence electrons. The lowest BCUT2D eigenvalue weighted by Gasteiger charge is -2.09. The number of amides is 2. The molecule has 0 aliphatic rings. The number of nitrogens with one attached hydrogen (secondary N) is 1. The Morgan fingerprint density at radius 3 is 2.41 bits per heavy atom. The van der Waals surface area contributed by atoms with Crippen molar-refractivity contribution in [1.29, 1.82) is 0 Å². The monoisotopic (exact) mass is 478 g/mol. The minimum Gasteiger partial charge on any atom is -0.462 e. The number of nitrogens with zero attached hydrogens (tertiary/aromatic N) is 3. The first-order valence-corrected chi connectivity index (χ1v) is 10.2. The van der Waals surface area contributed by atoms with E-state index in [2.05, 4.69) is 10.4 Å². The van der Waals surface area contributed by atoms with E-state index >= 15 is 0 Å². The molecule has 1 N–H and O–H groups in total. The van der Waals surface area contributed by atoms with E-state index in [0.717, 1.165) is 11.3 Å². The molecule has 8 nitrogen and oxygen atoms in total. The SMILES string of the molecule is CCCOC(=O)c1c(NC(=O)Cn2nc(C(F)F)cc2C(F)F)sc(C(=O)N(C)C)c1C. The van der Waals surface area contributed by atoms with Crippen LogP contribution in [0.1, 0.15) is 63.2 Å². The summed E-state index contributed by atoms with van der Waals surface area (Å²) in [7, 11) is 3.03. The number of rotatable bonds is 9. The standard InChI is InChI=1S/C19H22F4N4O4S/c1-5-6-31-19(30)13-9(2)14(18(29)26(3)4)32-17(13)24-12(28)8-27-11(16(22)23)7-10(25-27)15(20)21/h7,15-16H,5-6,8H2,1-4H3,(H,24,28). The van der Waals surface area contributed by atoms with E-state index in [-0.39, 0.29) is 27.6 Å². The molecule has 0 fully saturated rings. The van der Waals surface area contributed by atoms with E-state index in [1.165, 1.54) is 25.9 Å². The van der Waals surface area contributed by atoms with Crippen LogP contribution in [0.3, 0.4) is 0 Å². The number of hydrogen-bond donors (Lipinski definition) is 1. The van der Waals surface area contributed by atoms with Crippen LogP contribution in [0.2, 0.25) is 0 Å². The number of carbonyl (C=O) groups is 3. The summed E-state index contributed by atoms with van der Waals surface area (Å²) in [5, 5.41) is 5.74. The van der Waals surface area contributed by atoms with Crippen molar-refractivity contribution in [2.75, 3.05) is 26.0 Å². The third-order valence-electron chi connectivity index (χ3n) is 4.21. The van der Waals surface area contributed by atoms with Gasteiger partial charge in [0.25, 0.3) is 18.8 Å². The molecule has 0 bridgehead atoms. The second-order valence-electron chi connectivity index (χ2n) is 6.90. The summed E-state index contributed by atoms with van der Waals surface area (Å²) in [5.41, 5.74) is -1.48. The minimum absolute atomic E-state index is 0.0151. The van der Waals surface area contributed by atoms with Crippen molar-refractivity contribution in [3.63, 3.8) is 0 Å². The first kappa shape index (κ1) is 25.3. The molecular formula is C19H22F4N4O4S. The fraction of sp³-hybridized carbons (Fsp3) is 0.474. The molecule has 0 spiro atoms. The van der Waals surface area contributed by atoms with Crippen LogP contribution in [0.25, 0.3) is 0 Å². The van der Waals surface area contributed by atoms with Gasteiger partial charge in [-0.05, 0) is 25.0 Å². The summed E-state index contributed by atoms with van der Waals surface area (Å²) in [6, 6.07) is 0.527. The van der Waals surface area contributed by atoms with E-state index in [1.54, 1.807) is 6.92 Å². The van der Waals surface area contributed by atoms with E-state index < -0.39 is 48.6 Å². The molecule has 0 radical (unpaired) electrons. The second-order valence-corrected chi connectivity index (χ2v) is 7.92. The Morgan fingerprint density at radius 2 is 1.88 bits per heavy atom. The Morgan fingerprint density at radius 1 is 1.22 bits per heavy atom. The summed E-state index contributed by atoms with van der Waals surface area (Å²) in [6.07, 6.45) is -5.67. The first-order chi connectivity index (χ1) is 15.0. The topological polar surface area (TPSA) is 93.5 Å². The zero-order valence-electron chi connectivity index (χ0n) is 17.7. The lowest BCUT2D eigenvalue weighted by atomic mass is 10.1. The van der Waals surface area contributed by atoms with Gasteiger partial charge < -0.3 is 15.0 Å². The maximum absolute atomic E-state index is 13.2. The molecular weight excluding hydrogens is 456 g/mol. The van der Waals surface area contributed by atoms with Crippen LogP contribution < -0.4 is 5.32 Å². The van der Waals surface area contributed by atoms with Crippen molar-refractivity contribution < 1.29 is 36.7 Å². The number of halogens is 4. The molecule has 32 heavy (non-hydrogen) atoms. The van der Waals surface area contributed by atoms with Crippen LogP contribution in [-0.4, -0.2) is 53.2 Å². The maximum atomic E-state index is 13.2. The van der Waals surface area contributed by atoms with Gasteiger partial charge >= 0.3 is 5.97 Å². The maximum Gasteiger partial charge on any atom is 0.341 e. The Labute approximate surface area is 185 Å². The number of aromatic nitrogens is 2. The number of carbonyl (C=O) groups excluding carboxylic acids is 3. The quantitative estimate of drug-likeness (QED) is 0.434. The van der Waals surface area contributed by atoms with Gasteiger partial charge in [-0.25, -0.2) is 22.4 Å². The highest BCUT2D eigenvalue weighted by Crippen LogP contribution is 2.34. The Hall–Kier alpha value is -2.96. The van der Waals surface area contributed by atoms with Crippen LogP contribution in [0.4, 0.5) is 22.6 Å². The van der Waals surface area contributed by atoms with Gasteiger partial charge in [-0.3, -0.25) is 14.3 Å². The predicted molar refractivity (Wildman–Crippen MR) is 108 cm³/mol. The Kier molecular flexibility index (Phi) is 8.36. The number of ether oxygens (including phenoxy) is 1. The van der Waals surface area contributed by atoms with Crippen LogP contribution in [-0.2, 0) is 16.1 Å². The van der Waals surface area contributed by atoms with Gasteiger partial charge in [0.15, 0.2) is 0 Å². The van der Waals surface area contributed by atoms with Crippen LogP contribution in [0.15, 0.2) is 6.07 Å². The van der Waals surface area contributed by atoms with Crippen LogP contribution in [0.5, 0.6) is 0 Å². The first-order valence-electron chi connectivity index (χ1n) is 9.43. The molecule has 0 atom stereocenters. The van der Waals surface area contributed by atoms with E-state index in [0.29, 0.717) is 17.2 Å². The number of esters is 1. The Bertz CT molecular complexity index is 1000. The van der Waals surface area contributed by atoms with Crippen molar-refractivity contribution >= 4 is 34.1 Å². The van der Waals surface area contributed by atoms with Gasteiger partial charge in [0, 0.05) is 14.1 Å². The molecule has 0 aromatic carbocycles. The molecule has 2 rings (SSSR count). The van der Waals surface area contributed by atoms with Crippen molar-refractivity contribution in [1.82, 2.24) is 14.7 Å². The average molecular weight is 478 g/mol. The van der Waals surface area contributed by atoms with Gasteiger partial charge in [-0.1, -0.05) is 6.92 Å². The molecule has 0 saturated heterocycles. The van der Waals surface area contributed by atoms with Crippen LogP contribution >= 0.6 is 11.3 Å². The predicted octanol–water partition coefficient (Wildman–Crippen LogP) is 4.04. The molecule has 2 amide bonds. The summed E-state index contributed by atoms with van der Waals surface area (Å²) in [4.78, 5) is 38.9. The smallest absolute Gasteiger partial charge is 0.341 e. The van der Waals surface area contributed by atoms with Gasteiger partial charge in [0.2, 0.25) is 5.91 Å². The van der Waals surface area contributed by atoms with Crippen molar-refractivity contribution in [2.24, 2.45) is 0 Å². The van der Waals surface area contributed by atoms with E-state index in [4.69, 9.17) is 4.74 Å². The number of alkyl halides is 4. The molecule has 2 heterocycles. The number of thiophene rings is 1. The molecule has 13 heteroatoms. The fourth-order valence-electron chi connectivity index (χ4n) is 2.68. The zero-order chi connectivity index (χ0) is 24.2. The highest BCUT2D eigenvalue weighted by atomic mass is 32.1. The van der Waals surface area contributed by atoms with Gasteiger partial charge in [0.05, 0.1) is 17.0 Å².